The third-order valence-electron chi connectivity index (χ3n) is 1.91. The monoisotopic (exact) mass is 279 g/mol. The highest BCUT2D eigenvalue weighted by Gasteiger charge is 2.37. The Bertz CT molecular complexity index is 479. The molecule has 0 fully saturated rings. The third kappa shape index (κ3) is 1.86. The molecule has 15 heavy (non-hydrogen) atoms. The zero-order chi connectivity index (χ0) is 11.2. The maximum atomic E-state index is 12.3. The van der Waals surface area contributed by atoms with Crippen LogP contribution in [0.4, 0.5) is 13.2 Å². The number of benzene rings is 1. The largest absolute Gasteiger partial charge is 0.468 e. The van der Waals surface area contributed by atoms with E-state index in [1.165, 1.54) is 12.1 Å². The number of rotatable bonds is 0. The summed E-state index contributed by atoms with van der Waals surface area (Å²) in [6.45, 7) is 1.77. The quantitative estimate of drug-likeness (QED) is 0.731. The molecule has 0 amide bonds. The zero-order valence-corrected chi connectivity index (χ0v) is 9.11. The molecular weight excluding hydrogens is 275 g/mol. The van der Waals surface area contributed by atoms with Crippen LogP contribution in [0, 0.1) is 6.92 Å². The average molecular weight is 280 g/mol. The molecule has 6 heteroatoms. The smallest absolute Gasteiger partial charge is 0.433 e. The minimum Gasteiger partial charge on any atom is -0.433 e. The molecule has 1 heterocycles. The minimum absolute atomic E-state index is 0.125. The Labute approximate surface area is 91.2 Å². The number of hydrogen-bond donors (Lipinski definition) is 0. The molecule has 0 saturated heterocycles. The van der Waals surface area contributed by atoms with Crippen molar-refractivity contribution in [3.63, 3.8) is 0 Å². The predicted octanol–water partition coefficient (Wildman–Crippen LogP) is 3.92. The second-order valence-electron chi connectivity index (χ2n) is 3.09. The molecule has 0 bridgehead atoms. The van der Waals surface area contributed by atoms with Crippen LogP contribution in [0.2, 0.25) is 0 Å². The van der Waals surface area contributed by atoms with E-state index < -0.39 is 12.1 Å². The number of fused-ring (bicyclic) bond motifs is 1. The highest BCUT2D eigenvalue weighted by Crippen LogP contribution is 2.32. The second-order valence-corrected chi connectivity index (χ2v) is 3.94. The van der Waals surface area contributed by atoms with Gasteiger partial charge in [-0.15, -0.1) is 0 Å². The highest BCUT2D eigenvalue weighted by atomic mass is 79.9. The van der Waals surface area contributed by atoms with Gasteiger partial charge in [0, 0.05) is 4.47 Å². The number of hydrogen-bond acceptors (Lipinski definition) is 2. The molecule has 0 N–H and O–H groups in total. The molecule has 80 valence electrons. The molecule has 0 aliphatic carbocycles. The summed E-state index contributed by atoms with van der Waals surface area (Å²) in [4.78, 5) is 3.37. The number of alkyl halides is 3. The summed E-state index contributed by atoms with van der Waals surface area (Å²) in [7, 11) is 0. The Morgan fingerprint density at radius 3 is 2.60 bits per heavy atom. The van der Waals surface area contributed by atoms with Crippen molar-refractivity contribution >= 4 is 27.0 Å². The van der Waals surface area contributed by atoms with Crippen molar-refractivity contribution in [3.05, 3.63) is 28.1 Å². The number of oxazole rings is 1. The second kappa shape index (κ2) is 3.23. The maximum Gasteiger partial charge on any atom is 0.468 e. The van der Waals surface area contributed by atoms with Crippen LogP contribution in [0.25, 0.3) is 11.1 Å². The molecule has 1 aromatic carbocycles. The van der Waals surface area contributed by atoms with Gasteiger partial charge in [0.2, 0.25) is 0 Å². The van der Waals surface area contributed by atoms with Crippen LogP contribution in [-0.2, 0) is 6.18 Å². The molecule has 0 aliphatic heterocycles. The summed E-state index contributed by atoms with van der Waals surface area (Å²) in [5, 5.41) is 0. The van der Waals surface area contributed by atoms with E-state index >= 15 is 0 Å². The highest BCUT2D eigenvalue weighted by molar-refractivity contribution is 9.10. The van der Waals surface area contributed by atoms with Crippen LogP contribution in [0.1, 0.15) is 11.5 Å². The Morgan fingerprint density at radius 1 is 1.33 bits per heavy atom. The lowest BCUT2D eigenvalue weighted by molar-refractivity contribution is -0.156. The Balaban J connectivity index is 2.66. The first-order chi connectivity index (χ1) is 6.88. The molecule has 0 atom stereocenters. The molecular formula is C9H5BrF3NO. The van der Waals surface area contributed by atoms with Crippen molar-refractivity contribution < 1.29 is 17.6 Å². The fraction of sp³-hybridized carbons (Fsp3) is 0.222. The van der Waals surface area contributed by atoms with Gasteiger partial charge in [0.1, 0.15) is 5.52 Å². The summed E-state index contributed by atoms with van der Waals surface area (Å²) < 4.78 is 42.1. The Kier molecular flexibility index (Phi) is 2.26. The van der Waals surface area contributed by atoms with Gasteiger partial charge < -0.3 is 4.42 Å². The first-order valence-corrected chi connectivity index (χ1v) is 4.81. The maximum absolute atomic E-state index is 12.3. The fourth-order valence-corrected chi connectivity index (χ4v) is 1.50. The molecule has 0 saturated carbocycles. The normalized spacial score (nSPS) is 12.3. The number of aromatic nitrogens is 1. The van der Waals surface area contributed by atoms with Crippen LogP contribution in [0.5, 0.6) is 0 Å². The van der Waals surface area contributed by atoms with E-state index in [1.807, 2.05) is 0 Å². The van der Waals surface area contributed by atoms with Crippen LogP contribution in [0.15, 0.2) is 21.0 Å². The molecule has 0 radical (unpaired) electrons. The standard InChI is InChI=1S/C9H5BrF3NO/c1-4-2-6-7(3-5(4)10)15-8(14-6)9(11,12)13/h2-3H,1H3. The lowest BCUT2D eigenvalue weighted by atomic mass is 10.2. The van der Waals surface area contributed by atoms with Crippen molar-refractivity contribution in [1.29, 1.82) is 0 Å². The van der Waals surface area contributed by atoms with Gasteiger partial charge in [0.05, 0.1) is 0 Å². The zero-order valence-electron chi connectivity index (χ0n) is 7.52. The van der Waals surface area contributed by atoms with E-state index in [4.69, 9.17) is 0 Å². The van der Waals surface area contributed by atoms with Gasteiger partial charge in [-0.25, -0.2) is 4.98 Å². The van der Waals surface area contributed by atoms with Crippen molar-refractivity contribution in [1.82, 2.24) is 4.98 Å². The van der Waals surface area contributed by atoms with Crippen LogP contribution in [0.3, 0.4) is 0 Å². The van der Waals surface area contributed by atoms with Gasteiger partial charge >= 0.3 is 12.1 Å². The number of halogens is 4. The van der Waals surface area contributed by atoms with Gasteiger partial charge in [0.15, 0.2) is 5.58 Å². The fourth-order valence-electron chi connectivity index (χ4n) is 1.17. The van der Waals surface area contributed by atoms with Gasteiger partial charge in [0.25, 0.3) is 0 Å². The summed E-state index contributed by atoms with van der Waals surface area (Å²) in [5.41, 5.74) is 1.15. The van der Waals surface area contributed by atoms with E-state index in [2.05, 4.69) is 25.3 Å². The molecule has 1 aromatic heterocycles. The molecule has 0 unspecified atom stereocenters. The van der Waals surface area contributed by atoms with Gasteiger partial charge in [-0.3, -0.25) is 0 Å². The summed E-state index contributed by atoms with van der Waals surface area (Å²) in [5.74, 6) is -1.21. The van der Waals surface area contributed by atoms with Gasteiger partial charge in [-0.1, -0.05) is 15.9 Å². The van der Waals surface area contributed by atoms with Crippen molar-refractivity contribution in [2.75, 3.05) is 0 Å². The average Bonchev–Trinajstić information content (AvgIpc) is 2.47. The molecule has 0 spiro atoms. The third-order valence-corrected chi connectivity index (χ3v) is 2.77. The summed E-state index contributed by atoms with van der Waals surface area (Å²) >= 11 is 3.21. The van der Waals surface area contributed by atoms with Crippen LogP contribution >= 0.6 is 15.9 Å². The lowest BCUT2D eigenvalue weighted by Crippen LogP contribution is -2.04. The number of aryl methyl sites for hydroxylation is 1. The molecule has 2 aromatic rings. The first-order valence-electron chi connectivity index (χ1n) is 4.02. The predicted molar refractivity (Wildman–Crippen MR) is 51.4 cm³/mol. The van der Waals surface area contributed by atoms with Crippen molar-refractivity contribution in [3.8, 4) is 0 Å². The SMILES string of the molecule is Cc1cc2nc(C(F)(F)F)oc2cc1Br. The Morgan fingerprint density at radius 2 is 2.00 bits per heavy atom. The molecule has 0 aliphatic rings. The topological polar surface area (TPSA) is 26.0 Å². The summed E-state index contributed by atoms with van der Waals surface area (Å²) in [6.07, 6.45) is -4.54. The Hall–Kier alpha value is -1.04. The van der Waals surface area contributed by atoms with E-state index in [0.717, 1.165) is 5.56 Å². The minimum atomic E-state index is -4.54. The molecule has 2 rings (SSSR count). The van der Waals surface area contributed by atoms with E-state index in [1.54, 1.807) is 6.92 Å². The van der Waals surface area contributed by atoms with E-state index in [-0.39, 0.29) is 11.1 Å². The molecule has 2 nitrogen and oxygen atoms in total. The van der Waals surface area contributed by atoms with Gasteiger partial charge in [-0.05, 0) is 24.6 Å². The first kappa shape index (κ1) is 10.5. The van der Waals surface area contributed by atoms with Gasteiger partial charge in [-0.2, -0.15) is 13.2 Å². The van der Waals surface area contributed by atoms with Crippen LogP contribution < -0.4 is 0 Å². The number of nitrogens with zero attached hydrogens (tertiary/aromatic N) is 1. The van der Waals surface area contributed by atoms with Crippen molar-refractivity contribution in [2.45, 2.75) is 13.1 Å². The van der Waals surface area contributed by atoms with Crippen molar-refractivity contribution in [2.24, 2.45) is 0 Å². The lowest BCUT2D eigenvalue weighted by Gasteiger charge is -1.97. The van der Waals surface area contributed by atoms with E-state index in [0.29, 0.717) is 4.47 Å². The van der Waals surface area contributed by atoms with Crippen LogP contribution in [-0.4, -0.2) is 4.98 Å². The van der Waals surface area contributed by atoms with E-state index in [9.17, 15) is 13.2 Å². The summed E-state index contributed by atoms with van der Waals surface area (Å²) in [6, 6.07) is 3.02.